The molecule has 7 heteroatoms. The van der Waals surface area contributed by atoms with E-state index in [1.807, 2.05) is 30.3 Å². The van der Waals surface area contributed by atoms with Crippen LogP contribution in [0.5, 0.6) is 5.75 Å². The lowest BCUT2D eigenvalue weighted by atomic mass is 10.1. The molecule has 2 amide bonds. The lowest BCUT2D eigenvalue weighted by Crippen LogP contribution is -2.40. The molecule has 156 valence electrons. The second kappa shape index (κ2) is 9.06. The van der Waals surface area contributed by atoms with Crippen molar-refractivity contribution in [1.29, 1.82) is 0 Å². The molecule has 0 spiro atoms. The number of nitrogens with zero attached hydrogens (tertiary/aromatic N) is 1. The van der Waals surface area contributed by atoms with Gasteiger partial charge < -0.3 is 9.84 Å². The van der Waals surface area contributed by atoms with Crippen molar-refractivity contribution < 1.29 is 24.2 Å². The minimum absolute atomic E-state index is 0.0670. The zero-order valence-corrected chi connectivity index (χ0v) is 17.2. The summed E-state index contributed by atoms with van der Waals surface area (Å²) in [4.78, 5) is 39.3. The lowest BCUT2D eigenvalue weighted by molar-refractivity contribution is -0.126. The fourth-order valence-electron chi connectivity index (χ4n) is 3.37. The van der Waals surface area contributed by atoms with Crippen LogP contribution >= 0.6 is 11.8 Å². The summed E-state index contributed by atoms with van der Waals surface area (Å²) >= 11 is 1.10. The third-order valence-electron chi connectivity index (χ3n) is 4.92. The second-order valence-electron chi connectivity index (χ2n) is 6.91. The Kier molecular flexibility index (Phi) is 6.04. The first-order valence-corrected chi connectivity index (χ1v) is 10.6. The van der Waals surface area contributed by atoms with Gasteiger partial charge in [0.25, 0.3) is 5.91 Å². The Bertz CT molecular complexity index is 1130. The van der Waals surface area contributed by atoms with Gasteiger partial charge in [-0.15, -0.1) is 11.8 Å². The summed E-state index contributed by atoms with van der Waals surface area (Å²) in [6.45, 7) is 0.0670. The van der Waals surface area contributed by atoms with Crippen molar-refractivity contribution in [3.8, 4) is 5.75 Å². The molecule has 0 fully saturated rings. The molecule has 0 unspecified atom stereocenters. The van der Waals surface area contributed by atoms with Crippen LogP contribution in [0.2, 0.25) is 0 Å². The van der Waals surface area contributed by atoms with E-state index in [9.17, 15) is 19.5 Å². The van der Waals surface area contributed by atoms with Gasteiger partial charge in [0, 0.05) is 4.90 Å². The van der Waals surface area contributed by atoms with Gasteiger partial charge in [-0.2, -0.15) is 0 Å². The van der Waals surface area contributed by atoms with Gasteiger partial charge in [0.15, 0.2) is 0 Å². The maximum atomic E-state index is 13.2. The van der Waals surface area contributed by atoms with E-state index >= 15 is 0 Å². The highest BCUT2D eigenvalue weighted by Gasteiger charge is 2.33. The minimum Gasteiger partial charge on any atom is -0.483 e. The molecule has 0 saturated heterocycles. The predicted molar refractivity (Wildman–Crippen MR) is 116 cm³/mol. The van der Waals surface area contributed by atoms with Crippen molar-refractivity contribution in [2.24, 2.45) is 0 Å². The van der Waals surface area contributed by atoms with E-state index in [4.69, 9.17) is 4.74 Å². The highest BCUT2D eigenvalue weighted by Crippen LogP contribution is 2.32. The van der Waals surface area contributed by atoms with Gasteiger partial charge in [-0.3, -0.25) is 14.5 Å². The van der Waals surface area contributed by atoms with Gasteiger partial charge in [-0.1, -0.05) is 54.6 Å². The number of benzene rings is 3. The van der Waals surface area contributed by atoms with Crippen molar-refractivity contribution in [3.63, 3.8) is 0 Å². The van der Waals surface area contributed by atoms with Crippen molar-refractivity contribution in [1.82, 2.24) is 4.90 Å². The van der Waals surface area contributed by atoms with Crippen LogP contribution in [0.3, 0.4) is 0 Å². The maximum Gasteiger partial charge on any atom is 0.336 e. The van der Waals surface area contributed by atoms with Gasteiger partial charge in [0.1, 0.15) is 11.9 Å². The molecule has 0 aliphatic carbocycles. The van der Waals surface area contributed by atoms with Gasteiger partial charge >= 0.3 is 5.97 Å². The van der Waals surface area contributed by atoms with Crippen molar-refractivity contribution >= 4 is 29.5 Å². The first-order chi connectivity index (χ1) is 15.0. The number of aromatic carboxylic acids is 1. The Morgan fingerprint density at radius 1 is 0.968 bits per heavy atom. The lowest BCUT2D eigenvalue weighted by Gasteiger charge is -2.23. The first-order valence-electron chi connectivity index (χ1n) is 9.65. The van der Waals surface area contributed by atoms with Gasteiger partial charge in [-0.25, -0.2) is 4.79 Å². The molecule has 3 aromatic carbocycles. The number of ether oxygens (including phenoxy) is 1. The molecule has 1 heterocycles. The number of para-hydroxylation sites is 1. The molecule has 1 N–H and O–H groups in total. The topological polar surface area (TPSA) is 83.9 Å². The maximum absolute atomic E-state index is 13.2. The van der Waals surface area contributed by atoms with Gasteiger partial charge in [-0.05, 0) is 29.8 Å². The Hall–Kier alpha value is -3.58. The van der Waals surface area contributed by atoms with E-state index in [2.05, 4.69) is 0 Å². The van der Waals surface area contributed by atoms with Gasteiger partial charge in [0.05, 0.1) is 23.4 Å². The monoisotopic (exact) mass is 433 g/mol. The Morgan fingerprint density at radius 3 is 2.42 bits per heavy atom. The zero-order valence-electron chi connectivity index (χ0n) is 16.4. The number of carbonyl (C=O) groups is 3. The standard InChI is InChI=1S/C24H19NO5S/c26-22(15-31-21-13-7-5-11-18(21)24(28)29)25-14-20(16-8-2-1-3-9-16)30-19-12-6-4-10-17(19)23(25)27/h1-13,20H,14-15H2,(H,28,29)/t20-/m0/s1. The number of hydrogen-bond acceptors (Lipinski definition) is 5. The molecular formula is C24H19NO5S. The number of carboxylic acids is 1. The number of carboxylic acid groups (broad SMARTS) is 1. The van der Waals surface area contributed by atoms with Crippen LogP contribution in [0.15, 0.2) is 83.8 Å². The fourth-order valence-corrected chi connectivity index (χ4v) is 4.29. The Morgan fingerprint density at radius 2 is 1.65 bits per heavy atom. The number of rotatable bonds is 5. The predicted octanol–water partition coefficient (Wildman–Crippen LogP) is 4.28. The van der Waals surface area contributed by atoms with Gasteiger partial charge in [0.2, 0.25) is 5.91 Å². The summed E-state index contributed by atoms with van der Waals surface area (Å²) in [6.07, 6.45) is -0.506. The molecule has 1 aliphatic rings. The number of carbonyl (C=O) groups excluding carboxylic acids is 2. The molecule has 31 heavy (non-hydrogen) atoms. The molecule has 0 aromatic heterocycles. The molecular weight excluding hydrogens is 414 g/mol. The molecule has 1 atom stereocenters. The van der Waals surface area contributed by atoms with Crippen molar-refractivity contribution in [2.75, 3.05) is 12.3 Å². The van der Waals surface area contributed by atoms with E-state index < -0.39 is 23.9 Å². The quantitative estimate of drug-likeness (QED) is 0.605. The molecule has 0 radical (unpaired) electrons. The van der Waals surface area contributed by atoms with Crippen molar-refractivity contribution in [2.45, 2.75) is 11.0 Å². The number of hydrogen-bond donors (Lipinski definition) is 1. The smallest absolute Gasteiger partial charge is 0.336 e. The average Bonchev–Trinajstić information content (AvgIpc) is 2.95. The summed E-state index contributed by atoms with van der Waals surface area (Å²) in [5, 5.41) is 9.35. The Balaban J connectivity index is 1.60. The highest BCUT2D eigenvalue weighted by molar-refractivity contribution is 8.00. The highest BCUT2D eigenvalue weighted by atomic mass is 32.2. The fraction of sp³-hybridized carbons (Fsp3) is 0.125. The number of thioether (sulfide) groups is 1. The zero-order chi connectivity index (χ0) is 21.8. The molecule has 0 saturated carbocycles. The van der Waals surface area contributed by atoms with Crippen LogP contribution < -0.4 is 4.74 Å². The SMILES string of the molecule is O=C(O)c1ccccc1SCC(=O)N1C[C@@H](c2ccccc2)Oc2ccccc2C1=O. The summed E-state index contributed by atoms with van der Waals surface area (Å²) < 4.78 is 6.11. The van der Waals surface area contributed by atoms with Crippen LogP contribution in [0.1, 0.15) is 32.4 Å². The second-order valence-corrected chi connectivity index (χ2v) is 7.93. The van der Waals surface area contributed by atoms with Crippen LogP contribution in [0.4, 0.5) is 0 Å². The first kappa shape index (κ1) is 20.7. The summed E-state index contributed by atoms with van der Waals surface area (Å²) in [5.41, 5.74) is 1.30. The molecule has 1 aliphatic heterocycles. The van der Waals surface area contributed by atoms with Crippen LogP contribution in [-0.4, -0.2) is 40.1 Å². The van der Waals surface area contributed by atoms with Crippen LogP contribution in [-0.2, 0) is 4.79 Å². The number of amides is 2. The summed E-state index contributed by atoms with van der Waals surface area (Å²) in [7, 11) is 0. The summed E-state index contributed by atoms with van der Waals surface area (Å²) in [5.74, 6) is -1.53. The van der Waals surface area contributed by atoms with E-state index in [0.717, 1.165) is 17.3 Å². The van der Waals surface area contributed by atoms with E-state index in [0.29, 0.717) is 16.2 Å². The van der Waals surface area contributed by atoms with Crippen LogP contribution in [0.25, 0.3) is 0 Å². The molecule has 6 nitrogen and oxygen atoms in total. The normalized spacial score (nSPS) is 15.5. The average molecular weight is 433 g/mol. The minimum atomic E-state index is -1.06. The number of fused-ring (bicyclic) bond motifs is 1. The summed E-state index contributed by atoms with van der Waals surface area (Å²) in [6, 6.07) is 22.8. The van der Waals surface area contributed by atoms with E-state index in [1.165, 1.54) is 11.0 Å². The van der Waals surface area contributed by atoms with Crippen molar-refractivity contribution in [3.05, 3.63) is 95.6 Å². The Labute approximate surface area is 183 Å². The molecule has 4 rings (SSSR count). The third-order valence-corrected chi connectivity index (χ3v) is 5.98. The van der Waals surface area contributed by atoms with E-state index in [-0.39, 0.29) is 17.9 Å². The van der Waals surface area contributed by atoms with E-state index in [1.54, 1.807) is 42.5 Å². The van der Waals surface area contributed by atoms with Crippen LogP contribution in [0, 0.1) is 0 Å². The number of imide groups is 1. The molecule has 3 aromatic rings. The third kappa shape index (κ3) is 4.46. The molecule has 0 bridgehead atoms. The largest absolute Gasteiger partial charge is 0.483 e.